The second kappa shape index (κ2) is 10.4. The second-order valence-electron chi connectivity index (χ2n) is 5.77. The summed E-state index contributed by atoms with van der Waals surface area (Å²) >= 11 is 0. The van der Waals surface area contributed by atoms with Gasteiger partial charge in [0.1, 0.15) is 18.6 Å². The zero-order valence-electron chi connectivity index (χ0n) is 14.7. The average molecular weight is 347 g/mol. The molecule has 0 saturated carbocycles. The normalized spacial score (nSPS) is 13.8. The maximum atomic E-state index is 12.2. The fraction of sp³-hybridized carbons (Fsp3) is 0.316. The molecule has 1 rings (SSSR count). The van der Waals surface area contributed by atoms with Crippen LogP contribution in [0.25, 0.3) is 6.08 Å². The smallest absolute Gasteiger partial charge is 0.126 e. The Hall–Kier alpha value is -2.44. The number of nitrogens with zero attached hydrogens (tertiary/aromatic N) is 2. The highest BCUT2D eigenvalue weighted by Gasteiger charge is 2.15. The lowest BCUT2D eigenvalue weighted by atomic mass is 10.2. The highest BCUT2D eigenvalue weighted by molar-refractivity contribution is 5.55. The standard InChI is InChI=1S/C19H26FN3O2/c1-14(5-7-15(2)23(3)4)6-8-16-9-10-19(21-12-16)22-13-18(25)17(24)11-20/h5-10,12,17-18,24-25H,1-2,11,13H2,3-4H3,(H,21,22)/b7-5-,8-6+. The van der Waals surface area contributed by atoms with E-state index < -0.39 is 18.9 Å². The average Bonchev–Trinajstić information content (AvgIpc) is 2.62. The van der Waals surface area contributed by atoms with Crippen LogP contribution >= 0.6 is 0 Å². The largest absolute Gasteiger partial charge is 0.388 e. The number of hydrogen-bond donors (Lipinski definition) is 3. The minimum Gasteiger partial charge on any atom is -0.388 e. The topological polar surface area (TPSA) is 68.6 Å². The molecule has 5 nitrogen and oxygen atoms in total. The van der Waals surface area contributed by atoms with Gasteiger partial charge in [-0.1, -0.05) is 31.4 Å². The molecule has 2 unspecified atom stereocenters. The molecular weight excluding hydrogens is 321 g/mol. The number of pyridine rings is 1. The summed E-state index contributed by atoms with van der Waals surface area (Å²) in [5.41, 5.74) is 2.59. The van der Waals surface area contributed by atoms with Crippen molar-refractivity contribution in [2.45, 2.75) is 12.2 Å². The van der Waals surface area contributed by atoms with E-state index in [0.29, 0.717) is 5.82 Å². The van der Waals surface area contributed by atoms with Gasteiger partial charge in [0.05, 0.1) is 6.10 Å². The molecule has 0 saturated heterocycles. The number of likely N-dealkylation sites (N-methyl/N-ethyl adjacent to an activating group) is 1. The van der Waals surface area contributed by atoms with Crippen molar-refractivity contribution in [2.24, 2.45) is 0 Å². The Balaban J connectivity index is 2.53. The van der Waals surface area contributed by atoms with Gasteiger partial charge in [0.25, 0.3) is 0 Å². The molecule has 0 aromatic carbocycles. The molecule has 1 heterocycles. The van der Waals surface area contributed by atoms with Gasteiger partial charge in [-0.05, 0) is 29.3 Å². The van der Waals surface area contributed by atoms with E-state index in [1.165, 1.54) is 0 Å². The van der Waals surface area contributed by atoms with E-state index in [-0.39, 0.29) is 6.54 Å². The Kier molecular flexibility index (Phi) is 8.60. The summed E-state index contributed by atoms with van der Waals surface area (Å²) in [5, 5.41) is 21.5. The van der Waals surface area contributed by atoms with Gasteiger partial charge in [0.2, 0.25) is 0 Å². The first-order valence-corrected chi connectivity index (χ1v) is 7.86. The van der Waals surface area contributed by atoms with Crippen molar-refractivity contribution in [3.63, 3.8) is 0 Å². The first kappa shape index (κ1) is 20.6. The van der Waals surface area contributed by atoms with E-state index in [4.69, 9.17) is 5.11 Å². The van der Waals surface area contributed by atoms with Crippen LogP contribution in [0.15, 0.2) is 61.0 Å². The first-order valence-electron chi connectivity index (χ1n) is 7.86. The predicted molar refractivity (Wildman–Crippen MR) is 101 cm³/mol. The molecule has 25 heavy (non-hydrogen) atoms. The van der Waals surface area contributed by atoms with Crippen molar-refractivity contribution in [2.75, 3.05) is 32.6 Å². The molecule has 0 aliphatic rings. The lowest BCUT2D eigenvalue weighted by molar-refractivity contribution is 0.0130. The highest BCUT2D eigenvalue weighted by atomic mass is 19.1. The number of hydrogen-bond acceptors (Lipinski definition) is 5. The van der Waals surface area contributed by atoms with Gasteiger partial charge in [-0.25, -0.2) is 9.37 Å². The molecular formula is C19H26FN3O2. The quantitative estimate of drug-likeness (QED) is 0.567. The van der Waals surface area contributed by atoms with E-state index in [1.807, 2.05) is 49.4 Å². The number of aliphatic hydroxyl groups is 2. The van der Waals surface area contributed by atoms with Crippen LogP contribution in [0, 0.1) is 0 Å². The molecule has 136 valence electrons. The molecule has 2 atom stereocenters. The SMILES string of the molecule is C=C(/C=C\C(=C)N(C)C)/C=C/c1ccc(NCC(O)C(O)CF)nc1. The van der Waals surface area contributed by atoms with Crippen LogP contribution in [-0.4, -0.2) is 59.6 Å². The van der Waals surface area contributed by atoms with Crippen LogP contribution < -0.4 is 5.32 Å². The molecule has 0 bridgehead atoms. The Morgan fingerprint density at radius 2 is 1.96 bits per heavy atom. The van der Waals surface area contributed by atoms with Gasteiger partial charge in [-0.2, -0.15) is 0 Å². The minimum atomic E-state index is -1.39. The third-order valence-electron chi connectivity index (χ3n) is 3.44. The van der Waals surface area contributed by atoms with Crippen molar-refractivity contribution >= 4 is 11.9 Å². The van der Waals surface area contributed by atoms with Crippen molar-refractivity contribution in [1.29, 1.82) is 0 Å². The third-order valence-corrected chi connectivity index (χ3v) is 3.44. The van der Waals surface area contributed by atoms with Gasteiger partial charge >= 0.3 is 0 Å². The van der Waals surface area contributed by atoms with E-state index in [2.05, 4.69) is 23.5 Å². The van der Waals surface area contributed by atoms with Crippen molar-refractivity contribution in [3.8, 4) is 0 Å². The summed E-state index contributed by atoms with van der Waals surface area (Å²) < 4.78 is 12.2. The summed E-state index contributed by atoms with van der Waals surface area (Å²) in [6.45, 7) is 6.88. The van der Waals surface area contributed by atoms with E-state index in [9.17, 15) is 9.50 Å². The molecule has 0 spiro atoms. The molecule has 0 amide bonds. The van der Waals surface area contributed by atoms with Gasteiger partial charge in [0.15, 0.2) is 0 Å². The highest BCUT2D eigenvalue weighted by Crippen LogP contribution is 2.09. The number of nitrogens with one attached hydrogen (secondary N) is 1. The minimum absolute atomic E-state index is 0.0185. The first-order chi connectivity index (χ1) is 11.8. The maximum Gasteiger partial charge on any atom is 0.126 e. The Morgan fingerprint density at radius 3 is 2.52 bits per heavy atom. The number of aliphatic hydroxyl groups excluding tert-OH is 2. The van der Waals surface area contributed by atoms with Crippen molar-refractivity contribution in [3.05, 3.63) is 66.5 Å². The van der Waals surface area contributed by atoms with Gasteiger partial charge in [-0.3, -0.25) is 0 Å². The Bertz CT molecular complexity index is 624. The molecule has 6 heteroatoms. The zero-order valence-corrected chi connectivity index (χ0v) is 14.7. The number of aromatic nitrogens is 1. The molecule has 0 radical (unpaired) electrons. The molecule has 1 aromatic rings. The number of allylic oxidation sites excluding steroid dienone is 4. The van der Waals surface area contributed by atoms with Gasteiger partial charge in [0, 0.05) is 32.5 Å². The number of alkyl halides is 1. The van der Waals surface area contributed by atoms with Crippen LogP contribution in [-0.2, 0) is 0 Å². The summed E-state index contributed by atoms with van der Waals surface area (Å²) in [6.07, 6.45) is 6.59. The maximum absolute atomic E-state index is 12.2. The number of anilines is 1. The lowest BCUT2D eigenvalue weighted by Crippen LogP contribution is -2.34. The van der Waals surface area contributed by atoms with E-state index in [0.717, 1.165) is 16.8 Å². The van der Waals surface area contributed by atoms with Crippen LogP contribution in [0.5, 0.6) is 0 Å². The van der Waals surface area contributed by atoms with Crippen LogP contribution in [0.4, 0.5) is 10.2 Å². The molecule has 0 aliphatic heterocycles. The van der Waals surface area contributed by atoms with E-state index in [1.54, 1.807) is 12.3 Å². The summed E-state index contributed by atoms with van der Waals surface area (Å²) in [7, 11) is 3.84. The van der Waals surface area contributed by atoms with Crippen molar-refractivity contribution < 1.29 is 14.6 Å². The lowest BCUT2D eigenvalue weighted by Gasteiger charge is -2.15. The molecule has 0 fully saturated rings. The van der Waals surface area contributed by atoms with Gasteiger partial charge in [-0.15, -0.1) is 0 Å². The third kappa shape index (κ3) is 7.78. The number of halogens is 1. The summed E-state index contributed by atoms with van der Waals surface area (Å²) in [5.74, 6) is 0.531. The van der Waals surface area contributed by atoms with Gasteiger partial charge < -0.3 is 20.4 Å². The zero-order chi connectivity index (χ0) is 18.8. The fourth-order valence-electron chi connectivity index (χ4n) is 1.67. The fourth-order valence-corrected chi connectivity index (χ4v) is 1.67. The molecule has 1 aromatic heterocycles. The Morgan fingerprint density at radius 1 is 1.24 bits per heavy atom. The van der Waals surface area contributed by atoms with Crippen molar-refractivity contribution in [1.82, 2.24) is 9.88 Å². The summed E-state index contributed by atoms with van der Waals surface area (Å²) in [6, 6.07) is 3.58. The van der Waals surface area contributed by atoms with E-state index >= 15 is 0 Å². The monoisotopic (exact) mass is 347 g/mol. The number of rotatable bonds is 10. The van der Waals surface area contributed by atoms with Crippen LogP contribution in [0.2, 0.25) is 0 Å². The second-order valence-corrected chi connectivity index (χ2v) is 5.77. The Labute approximate surface area is 148 Å². The van der Waals surface area contributed by atoms with Crippen LogP contribution in [0.1, 0.15) is 5.56 Å². The predicted octanol–water partition coefficient (Wildman–Crippen LogP) is 2.39. The molecule has 3 N–H and O–H groups in total. The summed E-state index contributed by atoms with van der Waals surface area (Å²) in [4.78, 5) is 6.10. The van der Waals surface area contributed by atoms with Crippen LogP contribution in [0.3, 0.4) is 0 Å². The molecule has 0 aliphatic carbocycles.